The molecular weight excluding hydrogens is 374 g/mol. The van der Waals surface area contributed by atoms with Crippen molar-refractivity contribution >= 4 is 5.91 Å². The average molecular weight is 397 g/mol. The first-order chi connectivity index (χ1) is 13.8. The third kappa shape index (κ3) is 4.84. The van der Waals surface area contributed by atoms with E-state index in [-0.39, 0.29) is 42.6 Å². The third-order valence-corrected chi connectivity index (χ3v) is 4.38. The molecule has 10 nitrogen and oxygen atoms in total. The van der Waals surface area contributed by atoms with Crippen LogP contribution in [0.2, 0.25) is 0 Å². The van der Waals surface area contributed by atoms with Gasteiger partial charge in [-0.1, -0.05) is 13.8 Å². The summed E-state index contributed by atoms with van der Waals surface area (Å²) >= 11 is 0. The Balaban J connectivity index is 1.60. The molecule has 0 spiro atoms. The zero-order chi connectivity index (χ0) is 21.0. The van der Waals surface area contributed by atoms with Crippen LogP contribution in [0.4, 0.5) is 0 Å². The highest BCUT2D eigenvalue weighted by molar-refractivity contribution is 5.75. The monoisotopic (exact) mass is 397 g/mol. The summed E-state index contributed by atoms with van der Waals surface area (Å²) in [5, 5.41) is 7.00. The van der Waals surface area contributed by atoms with Gasteiger partial charge in [0.15, 0.2) is 5.82 Å². The van der Waals surface area contributed by atoms with Crippen LogP contribution in [0.15, 0.2) is 46.5 Å². The Labute approximate surface area is 166 Å². The molecule has 0 aromatic carbocycles. The van der Waals surface area contributed by atoms with E-state index >= 15 is 0 Å². The number of imidazole rings is 1. The molecule has 0 aliphatic carbocycles. The van der Waals surface area contributed by atoms with Gasteiger partial charge in [0, 0.05) is 31.1 Å². The van der Waals surface area contributed by atoms with E-state index in [4.69, 9.17) is 0 Å². The SMILES string of the molecule is Cc1nccn1-c1ccc(=O)n(CCNC(=O)Cn2cnc(C(C)C)cc2=O)n1. The normalized spacial score (nSPS) is 11.0. The maximum atomic E-state index is 12.1. The number of aromatic nitrogens is 6. The van der Waals surface area contributed by atoms with Crippen molar-refractivity contribution in [1.82, 2.24) is 34.2 Å². The van der Waals surface area contributed by atoms with Crippen molar-refractivity contribution in [2.24, 2.45) is 0 Å². The Morgan fingerprint density at radius 3 is 2.62 bits per heavy atom. The zero-order valence-electron chi connectivity index (χ0n) is 16.6. The number of nitrogens with one attached hydrogen (secondary N) is 1. The van der Waals surface area contributed by atoms with Crippen LogP contribution >= 0.6 is 0 Å². The number of rotatable bonds is 7. The second-order valence-corrected chi connectivity index (χ2v) is 6.88. The first-order valence-corrected chi connectivity index (χ1v) is 9.26. The Hall–Kier alpha value is -3.56. The van der Waals surface area contributed by atoms with Gasteiger partial charge in [0.05, 0.1) is 18.6 Å². The quantitative estimate of drug-likeness (QED) is 0.610. The summed E-state index contributed by atoms with van der Waals surface area (Å²) in [7, 11) is 0. The van der Waals surface area contributed by atoms with Gasteiger partial charge >= 0.3 is 0 Å². The topological polar surface area (TPSA) is 117 Å². The van der Waals surface area contributed by atoms with E-state index in [9.17, 15) is 14.4 Å². The minimum Gasteiger partial charge on any atom is -0.353 e. The summed E-state index contributed by atoms with van der Waals surface area (Å²) in [5.41, 5.74) is 0.135. The molecule has 10 heteroatoms. The van der Waals surface area contributed by atoms with Crippen LogP contribution in [-0.4, -0.2) is 41.3 Å². The molecule has 0 fully saturated rings. The molecule has 0 unspecified atom stereocenters. The number of hydrogen-bond donors (Lipinski definition) is 1. The fraction of sp³-hybridized carbons (Fsp3) is 0.368. The van der Waals surface area contributed by atoms with Gasteiger partial charge in [0.2, 0.25) is 5.91 Å². The van der Waals surface area contributed by atoms with E-state index in [0.717, 1.165) is 5.82 Å². The highest BCUT2D eigenvalue weighted by Gasteiger charge is 2.09. The predicted octanol–water partition coefficient (Wildman–Crippen LogP) is 0.234. The second kappa shape index (κ2) is 8.63. The summed E-state index contributed by atoms with van der Waals surface area (Å²) in [6.07, 6.45) is 4.78. The zero-order valence-corrected chi connectivity index (χ0v) is 16.6. The summed E-state index contributed by atoms with van der Waals surface area (Å²) in [6, 6.07) is 4.47. The van der Waals surface area contributed by atoms with Gasteiger partial charge in [-0.25, -0.2) is 14.6 Å². The summed E-state index contributed by atoms with van der Waals surface area (Å²) in [4.78, 5) is 44.6. The number of amides is 1. The first-order valence-electron chi connectivity index (χ1n) is 9.26. The lowest BCUT2D eigenvalue weighted by atomic mass is 10.1. The minimum atomic E-state index is -0.346. The molecule has 152 valence electrons. The molecule has 29 heavy (non-hydrogen) atoms. The Morgan fingerprint density at radius 2 is 1.97 bits per heavy atom. The van der Waals surface area contributed by atoms with Crippen molar-refractivity contribution in [1.29, 1.82) is 0 Å². The van der Waals surface area contributed by atoms with Gasteiger partial charge in [-0.15, -0.1) is 0 Å². The van der Waals surface area contributed by atoms with Gasteiger partial charge in [-0.2, -0.15) is 5.10 Å². The third-order valence-electron chi connectivity index (χ3n) is 4.38. The van der Waals surface area contributed by atoms with E-state index < -0.39 is 0 Å². The molecule has 0 atom stereocenters. The van der Waals surface area contributed by atoms with E-state index in [1.54, 1.807) is 23.0 Å². The van der Waals surface area contributed by atoms with Crippen molar-refractivity contribution < 1.29 is 4.79 Å². The summed E-state index contributed by atoms with van der Waals surface area (Å²) in [5.74, 6) is 1.10. The molecule has 0 saturated heterocycles. The van der Waals surface area contributed by atoms with E-state index in [1.165, 1.54) is 27.7 Å². The molecule has 3 rings (SSSR count). The van der Waals surface area contributed by atoms with Crippen molar-refractivity contribution in [3.8, 4) is 5.82 Å². The number of aryl methyl sites for hydroxylation is 1. The highest BCUT2D eigenvalue weighted by atomic mass is 16.2. The van der Waals surface area contributed by atoms with Crippen molar-refractivity contribution in [3.63, 3.8) is 0 Å². The highest BCUT2D eigenvalue weighted by Crippen LogP contribution is 2.07. The van der Waals surface area contributed by atoms with Gasteiger partial charge in [0.25, 0.3) is 11.1 Å². The standard InChI is InChI=1S/C19H23N7O3/c1-13(2)15-10-19(29)24(12-22-15)11-17(27)21-7-9-26-18(28)5-4-16(23-26)25-8-6-20-14(25)3/h4-6,8,10,12-13H,7,9,11H2,1-3H3,(H,21,27). The van der Waals surface area contributed by atoms with Crippen LogP contribution in [0.3, 0.4) is 0 Å². The second-order valence-electron chi connectivity index (χ2n) is 6.88. The lowest BCUT2D eigenvalue weighted by molar-refractivity contribution is -0.121. The van der Waals surface area contributed by atoms with E-state index in [2.05, 4.69) is 20.4 Å². The predicted molar refractivity (Wildman–Crippen MR) is 106 cm³/mol. The largest absolute Gasteiger partial charge is 0.353 e. The number of carbonyl (C=O) groups is 1. The molecule has 0 radical (unpaired) electrons. The Bertz CT molecular complexity index is 1130. The van der Waals surface area contributed by atoms with E-state index in [1.807, 2.05) is 20.8 Å². The van der Waals surface area contributed by atoms with E-state index in [0.29, 0.717) is 11.5 Å². The number of carbonyl (C=O) groups excluding carboxylic acids is 1. The Morgan fingerprint density at radius 1 is 1.17 bits per heavy atom. The molecule has 3 heterocycles. The van der Waals surface area contributed by atoms with Crippen LogP contribution < -0.4 is 16.4 Å². The molecule has 0 aliphatic rings. The van der Waals surface area contributed by atoms with Crippen LogP contribution in [0, 0.1) is 6.92 Å². The Kier molecular flexibility index (Phi) is 6.01. The molecule has 0 saturated carbocycles. The minimum absolute atomic E-state index is 0.138. The first kappa shape index (κ1) is 20.2. The fourth-order valence-electron chi connectivity index (χ4n) is 2.73. The van der Waals surface area contributed by atoms with Crippen molar-refractivity contribution in [2.75, 3.05) is 6.54 Å². The molecular formula is C19H23N7O3. The van der Waals surface area contributed by atoms with Crippen LogP contribution in [0.1, 0.15) is 31.3 Å². The van der Waals surface area contributed by atoms with Gasteiger partial charge in [0.1, 0.15) is 12.4 Å². The van der Waals surface area contributed by atoms with Gasteiger partial charge < -0.3 is 5.32 Å². The number of nitrogens with zero attached hydrogens (tertiary/aromatic N) is 6. The average Bonchev–Trinajstić information content (AvgIpc) is 3.10. The smallest absolute Gasteiger partial charge is 0.266 e. The van der Waals surface area contributed by atoms with Crippen LogP contribution in [0.5, 0.6) is 0 Å². The molecule has 1 amide bonds. The lowest BCUT2D eigenvalue weighted by Gasteiger charge is -2.10. The molecule has 0 aliphatic heterocycles. The van der Waals surface area contributed by atoms with Crippen molar-refractivity contribution in [3.05, 3.63) is 69.1 Å². The fourth-order valence-corrected chi connectivity index (χ4v) is 2.73. The maximum Gasteiger partial charge on any atom is 0.266 e. The summed E-state index contributed by atoms with van der Waals surface area (Å²) in [6.45, 7) is 5.98. The van der Waals surface area contributed by atoms with Crippen LogP contribution in [0.25, 0.3) is 5.82 Å². The van der Waals surface area contributed by atoms with Crippen molar-refractivity contribution in [2.45, 2.75) is 39.8 Å². The van der Waals surface area contributed by atoms with Crippen LogP contribution in [-0.2, 0) is 17.9 Å². The summed E-state index contributed by atoms with van der Waals surface area (Å²) < 4.78 is 4.28. The van der Waals surface area contributed by atoms with Gasteiger partial charge in [-0.3, -0.25) is 23.5 Å². The molecule has 3 aromatic heterocycles. The maximum absolute atomic E-state index is 12.1. The number of hydrogen-bond acceptors (Lipinski definition) is 6. The lowest BCUT2D eigenvalue weighted by Crippen LogP contribution is -2.36. The molecule has 0 bridgehead atoms. The van der Waals surface area contributed by atoms with Gasteiger partial charge in [-0.05, 0) is 18.9 Å². The molecule has 1 N–H and O–H groups in total. The molecule has 3 aromatic rings.